The standard InChI is InChI=1S/C26H36F3N7O3/c1-34-11-13-35(14-12-34)20-6-7-22(19(16-20)18-38-2)32-24-31-17-21(26(27,28)29)23(33-24)30-8-5-10-36-9-3-4-15-39-25(36)37/h6-7,16-17H,3-5,8-15,18H2,1-2H3,(H2,30,31,32,33). The number of piperazine rings is 1. The number of methoxy groups -OCH3 is 1. The SMILES string of the molecule is COCc1cc(N2CCN(C)CC2)ccc1Nc1ncc(C(F)(F)F)c(NCCCN2CCCCOC2=O)n1. The van der Waals surface area contributed by atoms with Crippen LogP contribution in [0.3, 0.4) is 0 Å². The number of hydrogen-bond donors (Lipinski definition) is 2. The third-order valence-corrected chi connectivity index (χ3v) is 6.80. The van der Waals surface area contributed by atoms with Crippen molar-refractivity contribution in [3.63, 3.8) is 0 Å². The van der Waals surface area contributed by atoms with E-state index >= 15 is 0 Å². The van der Waals surface area contributed by atoms with Gasteiger partial charge < -0.3 is 34.8 Å². The molecule has 0 saturated carbocycles. The molecule has 0 atom stereocenters. The van der Waals surface area contributed by atoms with E-state index in [0.717, 1.165) is 56.5 Å². The highest BCUT2D eigenvalue weighted by Gasteiger charge is 2.35. The van der Waals surface area contributed by atoms with Crippen LogP contribution in [-0.4, -0.2) is 92.4 Å². The first-order valence-electron chi connectivity index (χ1n) is 13.2. The minimum Gasteiger partial charge on any atom is -0.449 e. The fourth-order valence-electron chi connectivity index (χ4n) is 4.57. The first-order chi connectivity index (χ1) is 18.7. The van der Waals surface area contributed by atoms with E-state index in [-0.39, 0.29) is 24.4 Å². The number of halogens is 3. The van der Waals surface area contributed by atoms with Gasteiger partial charge in [0.1, 0.15) is 11.4 Å². The van der Waals surface area contributed by atoms with Gasteiger partial charge in [0.25, 0.3) is 0 Å². The van der Waals surface area contributed by atoms with E-state index in [4.69, 9.17) is 9.47 Å². The minimum atomic E-state index is -4.62. The fraction of sp³-hybridized carbons (Fsp3) is 0.577. The Morgan fingerprint density at radius 1 is 1.13 bits per heavy atom. The number of carbonyl (C=O) groups is 1. The monoisotopic (exact) mass is 551 g/mol. The zero-order valence-electron chi connectivity index (χ0n) is 22.4. The fourth-order valence-corrected chi connectivity index (χ4v) is 4.57. The van der Waals surface area contributed by atoms with Crippen LogP contribution < -0.4 is 15.5 Å². The molecule has 4 rings (SSSR count). The molecule has 0 unspecified atom stereocenters. The number of rotatable bonds is 10. The number of nitrogens with one attached hydrogen (secondary N) is 2. The van der Waals surface area contributed by atoms with Crippen LogP contribution in [0.2, 0.25) is 0 Å². The maximum Gasteiger partial charge on any atom is 0.421 e. The molecule has 0 spiro atoms. The number of nitrogens with zero attached hydrogens (tertiary/aromatic N) is 5. The molecule has 0 radical (unpaired) electrons. The summed E-state index contributed by atoms with van der Waals surface area (Å²) in [6.45, 7) is 5.61. The number of cyclic esters (lactones) is 1. The Labute approximate surface area is 226 Å². The van der Waals surface area contributed by atoms with Gasteiger partial charge in [-0.2, -0.15) is 18.2 Å². The first-order valence-corrected chi connectivity index (χ1v) is 13.2. The number of hydrogen-bond acceptors (Lipinski definition) is 9. The summed E-state index contributed by atoms with van der Waals surface area (Å²) in [6, 6.07) is 5.87. The van der Waals surface area contributed by atoms with Gasteiger partial charge in [-0.05, 0) is 44.5 Å². The van der Waals surface area contributed by atoms with Crippen LogP contribution in [0.5, 0.6) is 0 Å². The normalized spacial score (nSPS) is 17.1. The maximum absolute atomic E-state index is 13.7. The number of amides is 1. The van der Waals surface area contributed by atoms with Crippen molar-refractivity contribution >= 4 is 29.2 Å². The Morgan fingerprint density at radius 3 is 2.67 bits per heavy atom. The highest BCUT2D eigenvalue weighted by molar-refractivity contribution is 5.68. The summed E-state index contributed by atoms with van der Waals surface area (Å²) in [5.41, 5.74) is 1.60. The molecule has 214 valence electrons. The van der Waals surface area contributed by atoms with E-state index in [1.165, 1.54) is 0 Å². The number of alkyl halides is 3. The molecular weight excluding hydrogens is 515 g/mol. The maximum atomic E-state index is 13.7. The van der Waals surface area contributed by atoms with Crippen molar-refractivity contribution in [2.45, 2.75) is 32.0 Å². The molecule has 2 N–H and O–H groups in total. The highest BCUT2D eigenvalue weighted by Crippen LogP contribution is 2.34. The molecule has 2 aliphatic heterocycles. The molecule has 1 aromatic carbocycles. The number of carbonyl (C=O) groups excluding carboxylic acids is 1. The molecule has 2 fully saturated rings. The van der Waals surface area contributed by atoms with Gasteiger partial charge in [-0.15, -0.1) is 0 Å². The van der Waals surface area contributed by atoms with Crippen LogP contribution >= 0.6 is 0 Å². The molecule has 39 heavy (non-hydrogen) atoms. The molecule has 2 saturated heterocycles. The topological polar surface area (TPSA) is 95.1 Å². The number of anilines is 4. The Hall–Kier alpha value is -3.32. The molecule has 1 amide bonds. The zero-order valence-corrected chi connectivity index (χ0v) is 22.4. The van der Waals surface area contributed by atoms with Gasteiger partial charge in [0.2, 0.25) is 5.95 Å². The van der Waals surface area contributed by atoms with Crippen molar-refractivity contribution in [3.8, 4) is 0 Å². The van der Waals surface area contributed by atoms with Crippen molar-refractivity contribution < 1.29 is 27.4 Å². The summed E-state index contributed by atoms with van der Waals surface area (Å²) in [4.78, 5) is 26.2. The number of likely N-dealkylation sites (N-methyl/N-ethyl adjacent to an activating group) is 1. The molecule has 3 heterocycles. The van der Waals surface area contributed by atoms with E-state index in [9.17, 15) is 18.0 Å². The lowest BCUT2D eigenvalue weighted by Gasteiger charge is -2.34. The molecule has 13 heteroatoms. The van der Waals surface area contributed by atoms with E-state index in [1.807, 2.05) is 18.2 Å². The lowest BCUT2D eigenvalue weighted by Crippen LogP contribution is -2.44. The Kier molecular flexibility index (Phi) is 9.68. The van der Waals surface area contributed by atoms with Gasteiger partial charge >= 0.3 is 12.3 Å². The van der Waals surface area contributed by atoms with Crippen molar-refractivity contribution in [3.05, 3.63) is 35.5 Å². The summed E-state index contributed by atoms with van der Waals surface area (Å²) in [7, 11) is 3.69. The van der Waals surface area contributed by atoms with E-state index in [2.05, 4.69) is 37.4 Å². The summed E-state index contributed by atoms with van der Waals surface area (Å²) < 4.78 is 51.5. The molecule has 1 aromatic heterocycles. The van der Waals surface area contributed by atoms with Gasteiger partial charge in [-0.3, -0.25) is 0 Å². The number of ether oxygens (including phenoxy) is 2. The minimum absolute atomic E-state index is 0.0336. The lowest BCUT2D eigenvalue weighted by molar-refractivity contribution is -0.137. The summed E-state index contributed by atoms with van der Waals surface area (Å²) in [6.07, 6.45) is -2.16. The van der Waals surface area contributed by atoms with Crippen LogP contribution in [-0.2, 0) is 22.3 Å². The van der Waals surface area contributed by atoms with Crippen LogP contribution in [0.25, 0.3) is 0 Å². The molecule has 0 bridgehead atoms. The van der Waals surface area contributed by atoms with Crippen LogP contribution in [0.1, 0.15) is 30.4 Å². The zero-order chi connectivity index (χ0) is 27.8. The Morgan fingerprint density at radius 2 is 1.92 bits per heavy atom. The highest BCUT2D eigenvalue weighted by atomic mass is 19.4. The van der Waals surface area contributed by atoms with Gasteiger partial charge in [0.15, 0.2) is 0 Å². The summed E-state index contributed by atoms with van der Waals surface area (Å²) in [5, 5.41) is 5.85. The van der Waals surface area contributed by atoms with Crippen molar-refractivity contribution in [1.82, 2.24) is 19.8 Å². The number of benzene rings is 1. The second-order valence-electron chi connectivity index (χ2n) is 9.73. The molecule has 10 nitrogen and oxygen atoms in total. The molecule has 2 aliphatic rings. The molecule has 0 aliphatic carbocycles. The van der Waals surface area contributed by atoms with Crippen LogP contribution in [0.4, 0.5) is 41.1 Å². The van der Waals surface area contributed by atoms with Gasteiger partial charge in [0.05, 0.1) is 13.2 Å². The molecular formula is C26H36F3N7O3. The predicted octanol–water partition coefficient (Wildman–Crippen LogP) is 4.17. The second-order valence-corrected chi connectivity index (χ2v) is 9.73. The lowest BCUT2D eigenvalue weighted by atomic mass is 10.1. The quantitative estimate of drug-likeness (QED) is 0.422. The molecule has 2 aromatic rings. The smallest absolute Gasteiger partial charge is 0.421 e. The van der Waals surface area contributed by atoms with Gasteiger partial charge in [-0.1, -0.05) is 0 Å². The van der Waals surface area contributed by atoms with Crippen molar-refractivity contribution in [2.24, 2.45) is 0 Å². The first kappa shape index (κ1) is 28.7. The van der Waals surface area contributed by atoms with E-state index < -0.39 is 11.7 Å². The van der Waals surface area contributed by atoms with Gasteiger partial charge in [0, 0.05) is 76.1 Å². The predicted molar refractivity (Wildman–Crippen MR) is 142 cm³/mol. The largest absolute Gasteiger partial charge is 0.449 e. The average molecular weight is 552 g/mol. The van der Waals surface area contributed by atoms with Crippen LogP contribution in [0, 0.1) is 0 Å². The second kappa shape index (κ2) is 13.2. The summed E-state index contributed by atoms with van der Waals surface area (Å²) >= 11 is 0. The number of aromatic nitrogens is 2. The van der Waals surface area contributed by atoms with Crippen LogP contribution in [0.15, 0.2) is 24.4 Å². The van der Waals surface area contributed by atoms with Crippen molar-refractivity contribution in [1.29, 1.82) is 0 Å². The Bertz CT molecular complexity index is 1110. The van der Waals surface area contributed by atoms with Crippen molar-refractivity contribution in [2.75, 3.05) is 82.1 Å². The third-order valence-electron chi connectivity index (χ3n) is 6.80. The summed E-state index contributed by atoms with van der Waals surface area (Å²) in [5.74, 6) is -0.285. The van der Waals surface area contributed by atoms with E-state index in [0.29, 0.717) is 38.4 Å². The Balaban J connectivity index is 1.46. The van der Waals surface area contributed by atoms with E-state index in [1.54, 1.807) is 12.0 Å². The third kappa shape index (κ3) is 7.85. The van der Waals surface area contributed by atoms with Gasteiger partial charge in [-0.25, -0.2) is 9.78 Å². The average Bonchev–Trinajstić information content (AvgIpc) is 3.11.